The van der Waals surface area contributed by atoms with E-state index in [-0.39, 0.29) is 13.0 Å². The second-order valence-corrected chi connectivity index (χ2v) is 4.97. The Morgan fingerprint density at radius 1 is 1.45 bits per heavy atom. The van der Waals surface area contributed by atoms with Crippen molar-refractivity contribution in [3.63, 3.8) is 0 Å². The van der Waals surface area contributed by atoms with E-state index in [9.17, 15) is 18.4 Å². The van der Waals surface area contributed by atoms with E-state index in [0.717, 1.165) is 0 Å². The maximum Gasteiger partial charge on any atom is 0.321 e. The summed E-state index contributed by atoms with van der Waals surface area (Å²) in [5.74, 6) is -3.53. The first kappa shape index (κ1) is 16.2. The highest BCUT2D eigenvalue weighted by Gasteiger charge is 2.11. The lowest BCUT2D eigenvalue weighted by Gasteiger charge is -2.17. The largest absolute Gasteiger partial charge is 0.481 e. The smallest absolute Gasteiger partial charge is 0.321 e. The van der Waals surface area contributed by atoms with Gasteiger partial charge in [0, 0.05) is 24.2 Å². The van der Waals surface area contributed by atoms with Crippen molar-refractivity contribution >= 4 is 29.4 Å². The summed E-state index contributed by atoms with van der Waals surface area (Å²) < 4.78 is 24.5. The van der Waals surface area contributed by atoms with Gasteiger partial charge in [-0.05, 0) is 18.2 Å². The molecule has 0 bridgehead atoms. The normalized spacial score (nSPS) is 10.4. The highest BCUT2D eigenvalue weighted by atomic mass is 32.2. The Labute approximate surface area is 119 Å². The van der Waals surface area contributed by atoms with E-state index in [2.05, 4.69) is 5.32 Å². The first-order valence-electron chi connectivity index (χ1n) is 5.67. The Balaban J connectivity index is 2.58. The molecule has 0 unspecified atom stereocenters. The van der Waals surface area contributed by atoms with E-state index < -0.39 is 17.8 Å². The lowest BCUT2D eigenvalue weighted by molar-refractivity contribution is -0.137. The summed E-state index contributed by atoms with van der Waals surface area (Å²) in [7, 11) is 1.45. The monoisotopic (exact) mass is 304 g/mol. The number of carbonyl (C=O) groups excluding carboxylic acids is 1. The first-order chi connectivity index (χ1) is 9.38. The van der Waals surface area contributed by atoms with Crippen LogP contribution >= 0.6 is 11.8 Å². The van der Waals surface area contributed by atoms with Crippen LogP contribution in [-0.2, 0) is 4.79 Å². The number of hydrogen-bond acceptors (Lipinski definition) is 3. The number of anilines is 1. The summed E-state index contributed by atoms with van der Waals surface area (Å²) in [5, 5.41) is 11.0. The molecule has 8 heteroatoms. The average Bonchev–Trinajstić information content (AvgIpc) is 2.35. The molecular weight excluding hydrogens is 290 g/mol. The van der Waals surface area contributed by atoms with Crippen molar-refractivity contribution in [1.82, 2.24) is 4.90 Å². The van der Waals surface area contributed by atoms with E-state index in [4.69, 9.17) is 5.11 Å². The fourth-order valence-electron chi connectivity index (χ4n) is 1.33. The molecule has 0 aliphatic heterocycles. The summed E-state index contributed by atoms with van der Waals surface area (Å²) >= 11 is 0.386. The Morgan fingerprint density at radius 2 is 2.15 bits per heavy atom. The molecule has 0 atom stereocenters. The molecule has 110 valence electrons. The third-order valence-electron chi connectivity index (χ3n) is 2.32. The van der Waals surface area contributed by atoms with Gasteiger partial charge in [0.15, 0.2) is 0 Å². The highest BCUT2D eigenvalue weighted by Crippen LogP contribution is 2.27. The predicted molar refractivity (Wildman–Crippen MR) is 72.2 cm³/mol. The molecule has 0 fully saturated rings. The number of nitrogens with one attached hydrogen (secondary N) is 1. The predicted octanol–water partition coefficient (Wildman–Crippen LogP) is 2.94. The topological polar surface area (TPSA) is 69.6 Å². The number of halogens is 2. The van der Waals surface area contributed by atoms with Crippen molar-refractivity contribution in [3.05, 3.63) is 24.3 Å². The number of carboxylic acids is 1. The van der Waals surface area contributed by atoms with Gasteiger partial charge in [-0.3, -0.25) is 4.79 Å². The van der Waals surface area contributed by atoms with Crippen LogP contribution in [0, 0.1) is 0 Å². The molecule has 20 heavy (non-hydrogen) atoms. The van der Waals surface area contributed by atoms with Gasteiger partial charge in [-0.2, -0.15) is 8.78 Å². The van der Waals surface area contributed by atoms with Crippen LogP contribution in [0.5, 0.6) is 0 Å². The number of rotatable bonds is 6. The van der Waals surface area contributed by atoms with Crippen molar-refractivity contribution in [2.24, 2.45) is 0 Å². The molecule has 0 heterocycles. The van der Waals surface area contributed by atoms with E-state index in [1.165, 1.54) is 24.1 Å². The number of thioether (sulfide) groups is 1. The maximum absolute atomic E-state index is 12.2. The molecule has 1 aromatic carbocycles. The Bertz CT molecular complexity index is 486. The summed E-state index contributed by atoms with van der Waals surface area (Å²) in [6.07, 6.45) is -0.162. The molecule has 1 aromatic rings. The molecule has 2 N–H and O–H groups in total. The van der Waals surface area contributed by atoms with Crippen LogP contribution in [0.3, 0.4) is 0 Å². The van der Waals surface area contributed by atoms with Crippen molar-refractivity contribution < 1.29 is 23.5 Å². The molecule has 0 spiro atoms. The summed E-state index contributed by atoms with van der Waals surface area (Å²) in [4.78, 5) is 23.7. The van der Waals surface area contributed by atoms with Crippen LogP contribution < -0.4 is 5.32 Å². The van der Waals surface area contributed by atoms with Gasteiger partial charge in [-0.1, -0.05) is 17.8 Å². The summed E-state index contributed by atoms with van der Waals surface area (Å²) in [5.41, 5.74) is 0.378. The molecule has 0 aliphatic carbocycles. The van der Waals surface area contributed by atoms with Crippen molar-refractivity contribution in [2.45, 2.75) is 17.1 Å². The molecule has 0 radical (unpaired) electrons. The van der Waals surface area contributed by atoms with Crippen molar-refractivity contribution in [3.8, 4) is 0 Å². The van der Waals surface area contributed by atoms with Gasteiger partial charge in [-0.15, -0.1) is 0 Å². The molecule has 2 amide bonds. The highest BCUT2D eigenvalue weighted by molar-refractivity contribution is 7.99. The molecule has 1 rings (SSSR count). The van der Waals surface area contributed by atoms with E-state index in [1.54, 1.807) is 12.1 Å². The van der Waals surface area contributed by atoms with Crippen LogP contribution in [0.15, 0.2) is 29.2 Å². The van der Waals surface area contributed by atoms with Gasteiger partial charge in [-0.25, -0.2) is 4.79 Å². The fraction of sp³-hybridized carbons (Fsp3) is 0.333. The third-order valence-corrected chi connectivity index (χ3v) is 3.02. The number of alkyl halides is 2. The quantitative estimate of drug-likeness (QED) is 0.793. The van der Waals surface area contributed by atoms with E-state index >= 15 is 0 Å². The molecule has 5 nitrogen and oxygen atoms in total. The van der Waals surface area contributed by atoms with Crippen molar-refractivity contribution in [2.75, 3.05) is 18.9 Å². The summed E-state index contributed by atoms with van der Waals surface area (Å²) in [6.45, 7) is 0.0621. The molecule has 0 aliphatic rings. The van der Waals surface area contributed by atoms with Gasteiger partial charge in [0.25, 0.3) is 5.76 Å². The van der Waals surface area contributed by atoms with E-state index in [0.29, 0.717) is 22.3 Å². The van der Waals surface area contributed by atoms with Gasteiger partial charge < -0.3 is 15.3 Å². The number of carboxylic acid groups (broad SMARTS) is 1. The zero-order valence-corrected chi connectivity index (χ0v) is 11.5. The van der Waals surface area contributed by atoms with Crippen molar-refractivity contribution in [1.29, 1.82) is 0 Å². The standard InChI is InChI=1S/C12H14F2N2O3S/c1-16(6-5-10(17)18)12(19)15-8-3-2-4-9(7-8)20-11(13)14/h2-4,7,11H,5-6H2,1H3,(H,15,19)(H,17,18). The van der Waals surface area contributed by atoms with Gasteiger partial charge in [0.05, 0.1) is 6.42 Å². The number of urea groups is 1. The Hall–Kier alpha value is -1.83. The average molecular weight is 304 g/mol. The molecular formula is C12H14F2N2O3S. The number of benzene rings is 1. The second-order valence-electron chi connectivity index (χ2n) is 3.90. The minimum atomic E-state index is -2.53. The number of nitrogens with zero attached hydrogens (tertiary/aromatic N) is 1. The van der Waals surface area contributed by atoms with E-state index in [1.807, 2.05) is 0 Å². The zero-order valence-electron chi connectivity index (χ0n) is 10.7. The molecule has 0 saturated carbocycles. The minimum Gasteiger partial charge on any atom is -0.481 e. The number of aliphatic carboxylic acids is 1. The number of amides is 2. The van der Waals surface area contributed by atoms with Crippen LogP contribution in [0.4, 0.5) is 19.3 Å². The van der Waals surface area contributed by atoms with Crippen LogP contribution in [0.2, 0.25) is 0 Å². The van der Waals surface area contributed by atoms with Crippen LogP contribution in [-0.4, -0.2) is 41.4 Å². The molecule has 0 aromatic heterocycles. The van der Waals surface area contributed by atoms with Gasteiger partial charge in [0.1, 0.15) is 0 Å². The van der Waals surface area contributed by atoms with Gasteiger partial charge in [0.2, 0.25) is 0 Å². The number of carbonyl (C=O) groups is 2. The third kappa shape index (κ3) is 5.87. The lowest BCUT2D eigenvalue weighted by Crippen LogP contribution is -2.33. The minimum absolute atomic E-state index is 0.0621. The molecule has 0 saturated heterocycles. The second kappa shape index (κ2) is 7.68. The number of hydrogen-bond donors (Lipinski definition) is 2. The fourth-order valence-corrected chi connectivity index (χ4v) is 1.89. The van der Waals surface area contributed by atoms with Crippen LogP contribution in [0.1, 0.15) is 6.42 Å². The Kier molecular flexibility index (Phi) is 6.23. The first-order valence-corrected chi connectivity index (χ1v) is 6.55. The van der Waals surface area contributed by atoms with Crippen LogP contribution in [0.25, 0.3) is 0 Å². The SMILES string of the molecule is CN(CCC(=O)O)C(=O)Nc1cccc(SC(F)F)c1. The Morgan fingerprint density at radius 3 is 2.75 bits per heavy atom. The lowest BCUT2D eigenvalue weighted by atomic mass is 10.3. The summed E-state index contributed by atoms with van der Waals surface area (Å²) in [6, 6.07) is 5.57. The zero-order chi connectivity index (χ0) is 15.1. The maximum atomic E-state index is 12.2. The van der Waals surface area contributed by atoms with Gasteiger partial charge >= 0.3 is 12.0 Å².